The average molecular weight is 321 g/mol. The Hall–Kier alpha value is -0.280. The molecule has 0 radical (unpaired) electrons. The van der Waals surface area contributed by atoms with E-state index in [0.29, 0.717) is 19.1 Å². The summed E-state index contributed by atoms with van der Waals surface area (Å²) in [6.45, 7) is 4.61. The predicted molar refractivity (Wildman–Crippen MR) is 82.1 cm³/mol. The first kappa shape index (κ1) is 16.1. The van der Waals surface area contributed by atoms with Crippen LogP contribution in [0.1, 0.15) is 26.2 Å². The van der Waals surface area contributed by atoms with E-state index in [2.05, 4.69) is 9.62 Å². The molecule has 2 heterocycles. The molecule has 2 aliphatic rings. The van der Waals surface area contributed by atoms with Gasteiger partial charge in [-0.25, -0.2) is 13.1 Å². The number of thiocarbonyl (C=S) groups is 1. The molecule has 0 bridgehead atoms. The molecule has 0 aromatic carbocycles. The molecule has 0 saturated carbocycles. The Morgan fingerprint density at radius 3 is 3.00 bits per heavy atom. The van der Waals surface area contributed by atoms with Crippen molar-refractivity contribution in [2.45, 2.75) is 43.6 Å². The Morgan fingerprint density at radius 1 is 1.60 bits per heavy atom. The minimum atomic E-state index is -3.51. The van der Waals surface area contributed by atoms with Crippen molar-refractivity contribution < 1.29 is 13.2 Å². The first-order valence-electron chi connectivity index (χ1n) is 7.07. The zero-order chi connectivity index (χ0) is 14.8. The third kappa shape index (κ3) is 3.67. The number of nitrogens with zero attached hydrogens (tertiary/aromatic N) is 1. The zero-order valence-corrected chi connectivity index (χ0v) is 13.4. The molecule has 2 rings (SSSR count). The summed E-state index contributed by atoms with van der Waals surface area (Å²) in [4.78, 5) is 2.40. The Labute approximate surface area is 126 Å². The molecule has 0 spiro atoms. The van der Waals surface area contributed by atoms with Crippen molar-refractivity contribution in [2.75, 3.05) is 26.2 Å². The second-order valence-corrected chi connectivity index (χ2v) is 7.86. The normalized spacial score (nSPS) is 29.1. The maximum absolute atomic E-state index is 12.1. The van der Waals surface area contributed by atoms with Crippen molar-refractivity contribution >= 4 is 27.2 Å². The molecule has 116 valence electrons. The lowest BCUT2D eigenvalue weighted by Gasteiger charge is -2.35. The SMILES string of the molecule is CCC(C(N)=S)S(=O)(=O)NCC1CN2CCCC2CO1. The molecular weight excluding hydrogens is 298 g/mol. The first-order valence-corrected chi connectivity index (χ1v) is 9.03. The maximum atomic E-state index is 12.1. The fraction of sp³-hybridized carbons (Fsp3) is 0.917. The molecule has 0 aromatic rings. The Morgan fingerprint density at radius 2 is 2.35 bits per heavy atom. The van der Waals surface area contributed by atoms with Crippen LogP contribution in [-0.2, 0) is 14.8 Å². The molecule has 3 N–H and O–H groups in total. The minimum Gasteiger partial charge on any atom is -0.392 e. The van der Waals surface area contributed by atoms with Gasteiger partial charge >= 0.3 is 0 Å². The van der Waals surface area contributed by atoms with Crippen molar-refractivity contribution in [1.82, 2.24) is 9.62 Å². The van der Waals surface area contributed by atoms with Gasteiger partial charge in [-0.2, -0.15) is 0 Å². The summed E-state index contributed by atoms with van der Waals surface area (Å²) >= 11 is 4.82. The van der Waals surface area contributed by atoms with Crippen LogP contribution in [0, 0.1) is 0 Å². The number of morpholine rings is 1. The van der Waals surface area contributed by atoms with Crippen molar-refractivity contribution in [3.63, 3.8) is 0 Å². The van der Waals surface area contributed by atoms with Crippen molar-refractivity contribution in [3.8, 4) is 0 Å². The van der Waals surface area contributed by atoms with Crippen LogP contribution < -0.4 is 10.5 Å². The number of nitrogens with one attached hydrogen (secondary N) is 1. The van der Waals surface area contributed by atoms with Crippen LogP contribution in [0.5, 0.6) is 0 Å². The summed E-state index contributed by atoms with van der Waals surface area (Å²) < 4.78 is 32.6. The lowest BCUT2D eigenvalue weighted by atomic mass is 10.2. The number of nitrogens with two attached hydrogens (primary N) is 1. The summed E-state index contributed by atoms with van der Waals surface area (Å²) in [6.07, 6.45) is 2.66. The lowest BCUT2D eigenvalue weighted by molar-refractivity contribution is -0.0449. The Balaban J connectivity index is 1.87. The summed E-state index contributed by atoms with van der Waals surface area (Å²) in [5, 5.41) is -0.805. The van der Waals surface area contributed by atoms with Gasteiger partial charge in [0, 0.05) is 19.1 Å². The second-order valence-electron chi connectivity index (χ2n) is 5.44. The molecule has 0 aromatic heterocycles. The van der Waals surface area contributed by atoms with Crippen LogP contribution in [0.25, 0.3) is 0 Å². The van der Waals surface area contributed by atoms with Gasteiger partial charge in [0.1, 0.15) is 5.25 Å². The van der Waals surface area contributed by atoms with Crippen LogP contribution in [0.3, 0.4) is 0 Å². The summed E-state index contributed by atoms with van der Waals surface area (Å²) in [5.74, 6) is 0. The van der Waals surface area contributed by atoms with Gasteiger partial charge < -0.3 is 10.5 Å². The van der Waals surface area contributed by atoms with Gasteiger partial charge in [-0.15, -0.1) is 0 Å². The summed E-state index contributed by atoms with van der Waals surface area (Å²) in [6, 6.07) is 0.517. The van der Waals surface area contributed by atoms with Crippen molar-refractivity contribution in [2.24, 2.45) is 5.73 Å². The molecule has 2 aliphatic heterocycles. The third-order valence-electron chi connectivity index (χ3n) is 4.04. The number of rotatable bonds is 6. The lowest BCUT2D eigenvalue weighted by Crippen LogP contribution is -2.51. The fourth-order valence-electron chi connectivity index (χ4n) is 2.89. The minimum absolute atomic E-state index is 0.0177. The van der Waals surface area contributed by atoms with E-state index >= 15 is 0 Å². The van der Waals surface area contributed by atoms with E-state index in [0.717, 1.165) is 13.1 Å². The van der Waals surface area contributed by atoms with Crippen molar-refractivity contribution in [1.29, 1.82) is 0 Å². The van der Waals surface area contributed by atoms with E-state index in [-0.39, 0.29) is 17.6 Å². The van der Waals surface area contributed by atoms with E-state index in [1.807, 2.05) is 0 Å². The van der Waals surface area contributed by atoms with Gasteiger partial charge in [-0.3, -0.25) is 4.90 Å². The monoisotopic (exact) mass is 321 g/mol. The number of fused-ring (bicyclic) bond motifs is 1. The molecular formula is C12H23N3O3S2. The van der Waals surface area contributed by atoms with Crippen LogP contribution in [0.15, 0.2) is 0 Å². The molecule has 6 nitrogen and oxygen atoms in total. The highest BCUT2D eigenvalue weighted by molar-refractivity contribution is 7.93. The molecule has 0 aliphatic carbocycles. The highest BCUT2D eigenvalue weighted by Crippen LogP contribution is 2.22. The topological polar surface area (TPSA) is 84.7 Å². The van der Waals surface area contributed by atoms with Crippen LogP contribution >= 0.6 is 12.2 Å². The molecule has 2 fully saturated rings. The fourth-order valence-corrected chi connectivity index (χ4v) is 4.80. The van der Waals surface area contributed by atoms with Crippen LogP contribution in [-0.4, -0.2) is 61.9 Å². The first-order chi connectivity index (χ1) is 9.44. The van der Waals surface area contributed by atoms with E-state index in [1.165, 1.54) is 12.8 Å². The third-order valence-corrected chi connectivity index (χ3v) is 6.38. The number of ether oxygens (including phenoxy) is 1. The Kier molecular flexibility index (Phi) is 5.36. The van der Waals surface area contributed by atoms with Gasteiger partial charge in [-0.05, 0) is 25.8 Å². The highest BCUT2D eigenvalue weighted by Gasteiger charge is 2.33. The number of sulfonamides is 1. The molecule has 20 heavy (non-hydrogen) atoms. The molecule has 2 saturated heterocycles. The van der Waals surface area contributed by atoms with Gasteiger partial charge in [0.05, 0.1) is 17.7 Å². The van der Waals surface area contributed by atoms with Gasteiger partial charge in [0.15, 0.2) is 0 Å². The van der Waals surface area contributed by atoms with Crippen LogP contribution in [0.2, 0.25) is 0 Å². The van der Waals surface area contributed by atoms with E-state index in [1.54, 1.807) is 6.92 Å². The zero-order valence-electron chi connectivity index (χ0n) is 11.7. The maximum Gasteiger partial charge on any atom is 0.221 e. The molecule has 3 unspecified atom stereocenters. The van der Waals surface area contributed by atoms with Crippen molar-refractivity contribution in [3.05, 3.63) is 0 Å². The Bertz CT molecular complexity index is 455. The largest absolute Gasteiger partial charge is 0.392 e. The predicted octanol–water partition coefficient (Wildman–Crippen LogP) is -0.166. The van der Waals surface area contributed by atoms with Gasteiger partial charge in [-0.1, -0.05) is 19.1 Å². The van der Waals surface area contributed by atoms with E-state index in [9.17, 15) is 8.42 Å². The molecule has 8 heteroatoms. The molecule has 0 amide bonds. The average Bonchev–Trinajstić information content (AvgIpc) is 2.83. The standard InChI is InChI=1S/C12H23N3O3S2/c1-2-11(12(13)19)20(16,17)14-6-10-7-15-5-3-4-9(15)8-18-10/h9-11,14H,2-8H2,1H3,(H2,13,19). The van der Waals surface area contributed by atoms with E-state index in [4.69, 9.17) is 22.7 Å². The summed E-state index contributed by atoms with van der Waals surface area (Å²) in [5.41, 5.74) is 5.48. The van der Waals surface area contributed by atoms with Crippen LogP contribution in [0.4, 0.5) is 0 Å². The number of hydrogen-bond donors (Lipinski definition) is 2. The van der Waals surface area contributed by atoms with E-state index < -0.39 is 15.3 Å². The number of hydrogen-bond acceptors (Lipinski definition) is 5. The quantitative estimate of drug-likeness (QED) is 0.661. The smallest absolute Gasteiger partial charge is 0.221 e. The molecule has 3 atom stereocenters. The second kappa shape index (κ2) is 6.65. The van der Waals surface area contributed by atoms with Gasteiger partial charge in [0.2, 0.25) is 10.0 Å². The summed E-state index contributed by atoms with van der Waals surface area (Å²) in [7, 11) is -3.51. The highest BCUT2D eigenvalue weighted by atomic mass is 32.2. The van der Waals surface area contributed by atoms with Gasteiger partial charge in [0.25, 0.3) is 0 Å².